The summed E-state index contributed by atoms with van der Waals surface area (Å²) in [7, 11) is -4.64. The van der Waals surface area contributed by atoms with Crippen LogP contribution in [0, 0.1) is 0 Å². The van der Waals surface area contributed by atoms with Crippen LogP contribution in [0.2, 0.25) is 0 Å². The molecule has 0 fully saturated rings. The molecule has 1 rings (SSSR count). The SMILES string of the molecule is CC(C)(C)NCC(O)c1ccc(O)c(CO)c1.O=P(O)(O)O. The van der Waals surface area contributed by atoms with E-state index in [9.17, 15) is 10.2 Å². The van der Waals surface area contributed by atoms with Gasteiger partial charge in [0.05, 0.1) is 12.7 Å². The largest absolute Gasteiger partial charge is 0.508 e. The standard InChI is InChI=1S/C13H21NO3.H3O4P/c1-13(2,3)14-7-12(17)9-4-5-11(16)10(6-9)8-15;1-5(2,3)4/h4-6,12,14-17H,7-8H2,1-3H3;(H3,1,2,3,4). The van der Waals surface area contributed by atoms with Gasteiger partial charge < -0.3 is 35.3 Å². The van der Waals surface area contributed by atoms with Crippen LogP contribution >= 0.6 is 7.82 Å². The fraction of sp³-hybridized carbons (Fsp3) is 0.538. The van der Waals surface area contributed by atoms with Crippen molar-refractivity contribution in [2.45, 2.75) is 39.0 Å². The van der Waals surface area contributed by atoms with Gasteiger partial charge in [0.25, 0.3) is 0 Å². The average Bonchev–Trinajstić information content (AvgIpc) is 2.33. The molecule has 0 saturated carbocycles. The molecule has 0 aliphatic carbocycles. The number of aromatic hydroxyl groups is 1. The van der Waals surface area contributed by atoms with E-state index in [2.05, 4.69) is 5.32 Å². The first-order valence-corrected chi connectivity index (χ1v) is 8.04. The first-order chi connectivity index (χ1) is 9.83. The lowest BCUT2D eigenvalue weighted by Crippen LogP contribution is -2.38. The number of nitrogens with one attached hydrogen (secondary N) is 1. The van der Waals surface area contributed by atoms with Crippen molar-refractivity contribution < 1.29 is 34.6 Å². The molecule has 0 heterocycles. The normalized spacial score (nSPS) is 13.3. The van der Waals surface area contributed by atoms with Crippen molar-refractivity contribution in [3.63, 3.8) is 0 Å². The molecular formula is C13H24NO7P. The Labute approximate surface area is 129 Å². The van der Waals surface area contributed by atoms with Crippen molar-refractivity contribution in [1.82, 2.24) is 5.32 Å². The molecule has 7 N–H and O–H groups in total. The van der Waals surface area contributed by atoms with Crippen LogP contribution in [0.4, 0.5) is 0 Å². The van der Waals surface area contributed by atoms with Crippen molar-refractivity contribution in [2.24, 2.45) is 0 Å². The third-order valence-electron chi connectivity index (χ3n) is 2.48. The Kier molecular flexibility index (Phi) is 8.21. The fourth-order valence-electron chi connectivity index (χ4n) is 1.46. The van der Waals surface area contributed by atoms with Gasteiger partial charge in [0.2, 0.25) is 0 Å². The summed E-state index contributed by atoms with van der Waals surface area (Å²) in [5.74, 6) is 0.0484. The Morgan fingerprint density at radius 1 is 1.23 bits per heavy atom. The number of phenols is 1. The number of hydrogen-bond acceptors (Lipinski definition) is 5. The van der Waals surface area contributed by atoms with Gasteiger partial charge in [0.1, 0.15) is 5.75 Å². The number of rotatable bonds is 4. The molecule has 0 spiro atoms. The number of hydrogen-bond donors (Lipinski definition) is 7. The van der Waals surface area contributed by atoms with Crippen LogP contribution in [0.15, 0.2) is 18.2 Å². The summed E-state index contributed by atoms with van der Waals surface area (Å²) in [4.78, 5) is 21.6. The maximum Gasteiger partial charge on any atom is 0.466 e. The molecule has 1 aromatic rings. The highest BCUT2D eigenvalue weighted by molar-refractivity contribution is 7.45. The zero-order valence-electron chi connectivity index (χ0n) is 12.8. The Hall–Kier alpha value is -0.990. The van der Waals surface area contributed by atoms with Gasteiger partial charge in [-0.25, -0.2) is 4.57 Å². The molecule has 22 heavy (non-hydrogen) atoms. The Morgan fingerprint density at radius 2 is 1.73 bits per heavy atom. The topological polar surface area (TPSA) is 150 Å². The van der Waals surface area contributed by atoms with Gasteiger partial charge >= 0.3 is 7.82 Å². The van der Waals surface area contributed by atoms with Gasteiger partial charge in [-0.3, -0.25) is 0 Å². The van der Waals surface area contributed by atoms with Crippen molar-refractivity contribution in [1.29, 1.82) is 0 Å². The molecule has 0 radical (unpaired) electrons. The molecule has 0 aliphatic heterocycles. The minimum Gasteiger partial charge on any atom is -0.508 e. The molecule has 1 aromatic carbocycles. The van der Waals surface area contributed by atoms with E-state index in [1.807, 2.05) is 20.8 Å². The van der Waals surface area contributed by atoms with Crippen molar-refractivity contribution >= 4 is 7.82 Å². The molecule has 0 amide bonds. The third kappa shape index (κ3) is 10.7. The molecule has 1 unspecified atom stereocenters. The number of phosphoric acid groups is 1. The van der Waals surface area contributed by atoms with E-state index in [1.165, 1.54) is 6.07 Å². The molecule has 128 valence electrons. The molecule has 0 aliphatic rings. The first-order valence-electron chi connectivity index (χ1n) is 6.47. The van der Waals surface area contributed by atoms with Crippen molar-refractivity contribution in [2.75, 3.05) is 6.54 Å². The summed E-state index contributed by atoms with van der Waals surface area (Å²) in [6.07, 6.45) is -0.653. The molecule has 1 atom stereocenters. The highest BCUT2D eigenvalue weighted by Gasteiger charge is 2.14. The van der Waals surface area contributed by atoms with Crippen LogP contribution in [0.3, 0.4) is 0 Å². The van der Waals surface area contributed by atoms with Gasteiger partial charge in [-0.15, -0.1) is 0 Å². The summed E-state index contributed by atoms with van der Waals surface area (Å²) in [5, 5.41) is 31.6. The maximum atomic E-state index is 9.97. The Bertz CT molecular complexity index is 501. The van der Waals surface area contributed by atoms with E-state index in [0.29, 0.717) is 17.7 Å². The second kappa shape index (κ2) is 8.59. The van der Waals surface area contributed by atoms with E-state index in [0.717, 1.165) is 0 Å². The van der Waals surface area contributed by atoms with E-state index in [-0.39, 0.29) is 17.9 Å². The van der Waals surface area contributed by atoms with E-state index < -0.39 is 13.9 Å². The summed E-state index contributed by atoms with van der Waals surface area (Å²) in [6, 6.07) is 4.76. The molecular weight excluding hydrogens is 313 g/mol. The zero-order chi connectivity index (χ0) is 17.6. The van der Waals surface area contributed by atoms with Gasteiger partial charge in [-0.1, -0.05) is 6.07 Å². The predicted octanol–water partition coefficient (Wildman–Crippen LogP) is 0.377. The first kappa shape index (κ1) is 21.0. The quantitative estimate of drug-likeness (QED) is 0.390. The van der Waals surface area contributed by atoms with E-state index in [4.69, 9.17) is 24.4 Å². The third-order valence-corrected chi connectivity index (χ3v) is 2.48. The second-order valence-corrected chi connectivity index (χ2v) is 6.73. The van der Waals surface area contributed by atoms with Gasteiger partial charge in [0.15, 0.2) is 0 Å². The lowest BCUT2D eigenvalue weighted by Gasteiger charge is -2.23. The van der Waals surface area contributed by atoms with Crippen LogP contribution in [-0.2, 0) is 11.2 Å². The van der Waals surface area contributed by atoms with Crippen LogP contribution in [0.25, 0.3) is 0 Å². The smallest absolute Gasteiger partial charge is 0.466 e. The Balaban J connectivity index is 0.000000763. The fourth-order valence-corrected chi connectivity index (χ4v) is 1.46. The predicted molar refractivity (Wildman–Crippen MR) is 81.0 cm³/mol. The molecule has 0 bridgehead atoms. The molecule has 8 nitrogen and oxygen atoms in total. The number of aliphatic hydroxyl groups excluding tert-OH is 2. The Morgan fingerprint density at radius 3 is 2.14 bits per heavy atom. The van der Waals surface area contributed by atoms with Gasteiger partial charge in [-0.05, 0) is 38.5 Å². The van der Waals surface area contributed by atoms with Crippen LogP contribution < -0.4 is 5.32 Å². The zero-order valence-corrected chi connectivity index (χ0v) is 13.7. The van der Waals surface area contributed by atoms with Gasteiger partial charge in [-0.2, -0.15) is 0 Å². The van der Waals surface area contributed by atoms with E-state index in [1.54, 1.807) is 12.1 Å². The van der Waals surface area contributed by atoms with Crippen LogP contribution in [-0.4, -0.2) is 42.1 Å². The number of benzene rings is 1. The van der Waals surface area contributed by atoms with Crippen molar-refractivity contribution in [3.05, 3.63) is 29.3 Å². The lowest BCUT2D eigenvalue weighted by molar-refractivity contribution is 0.163. The second-order valence-electron chi connectivity index (χ2n) is 5.71. The number of aliphatic hydroxyl groups is 2. The van der Waals surface area contributed by atoms with Crippen molar-refractivity contribution in [3.8, 4) is 5.75 Å². The summed E-state index contributed by atoms with van der Waals surface area (Å²) < 4.78 is 8.88. The maximum absolute atomic E-state index is 9.97. The molecule has 0 aromatic heterocycles. The average molecular weight is 337 g/mol. The van der Waals surface area contributed by atoms with Gasteiger partial charge in [0, 0.05) is 17.6 Å². The van der Waals surface area contributed by atoms with Crippen LogP contribution in [0.1, 0.15) is 38.0 Å². The minimum absolute atomic E-state index is 0.0484. The monoisotopic (exact) mass is 337 g/mol. The highest BCUT2D eigenvalue weighted by atomic mass is 31.2. The minimum atomic E-state index is -4.64. The molecule has 0 saturated heterocycles. The van der Waals surface area contributed by atoms with Crippen LogP contribution in [0.5, 0.6) is 5.75 Å². The number of β-amino-alcohol motifs (C(OH)–C–C–N with tert-alkyl or cyclic N) is 1. The summed E-state index contributed by atoms with van der Waals surface area (Å²) in [5.41, 5.74) is 1.05. The summed E-state index contributed by atoms with van der Waals surface area (Å²) in [6.45, 7) is 6.26. The van der Waals surface area contributed by atoms with E-state index >= 15 is 0 Å². The highest BCUT2D eigenvalue weighted by Crippen LogP contribution is 2.25. The lowest BCUT2D eigenvalue weighted by atomic mass is 10.0. The molecule has 9 heteroatoms. The summed E-state index contributed by atoms with van der Waals surface area (Å²) >= 11 is 0.